The van der Waals surface area contributed by atoms with Gasteiger partial charge in [-0.1, -0.05) is 0 Å². The van der Waals surface area contributed by atoms with Crippen LogP contribution < -0.4 is 10.1 Å². The van der Waals surface area contributed by atoms with E-state index >= 15 is 0 Å². The third-order valence-corrected chi connectivity index (χ3v) is 5.39. The van der Waals surface area contributed by atoms with Crippen molar-refractivity contribution in [1.29, 1.82) is 0 Å². The highest BCUT2D eigenvalue weighted by Gasteiger charge is 2.41. The fourth-order valence-electron chi connectivity index (χ4n) is 3.77. The highest BCUT2D eigenvalue weighted by molar-refractivity contribution is 5.89. The van der Waals surface area contributed by atoms with Gasteiger partial charge in [0.1, 0.15) is 5.75 Å². The molecule has 2 aliphatic rings. The van der Waals surface area contributed by atoms with E-state index in [0.29, 0.717) is 26.3 Å². The summed E-state index contributed by atoms with van der Waals surface area (Å²) in [5.41, 5.74) is 0.606. The third-order valence-electron chi connectivity index (χ3n) is 5.39. The Kier molecular flexibility index (Phi) is 6.93. The number of amides is 2. The largest absolute Gasteiger partial charge is 0.497 e. The Bertz CT molecular complexity index is 599. The van der Waals surface area contributed by atoms with Crippen molar-refractivity contribution < 1.29 is 23.7 Å². The minimum atomic E-state index is -0.160. The first-order chi connectivity index (χ1) is 13.1. The van der Waals surface area contributed by atoms with Gasteiger partial charge in [-0.25, -0.2) is 4.79 Å². The van der Waals surface area contributed by atoms with Crippen molar-refractivity contribution in [2.24, 2.45) is 0 Å². The van der Waals surface area contributed by atoms with Gasteiger partial charge in [0.15, 0.2) is 0 Å². The molecule has 150 valence electrons. The van der Waals surface area contributed by atoms with E-state index in [4.69, 9.17) is 18.9 Å². The third kappa shape index (κ3) is 5.34. The highest BCUT2D eigenvalue weighted by Crippen LogP contribution is 2.36. The minimum Gasteiger partial charge on any atom is -0.497 e. The van der Waals surface area contributed by atoms with Crippen molar-refractivity contribution in [2.75, 3.05) is 52.4 Å². The Hall–Kier alpha value is -1.83. The summed E-state index contributed by atoms with van der Waals surface area (Å²) in [6.07, 6.45) is 3.71. The van der Waals surface area contributed by atoms with Gasteiger partial charge in [-0.2, -0.15) is 0 Å². The number of rotatable bonds is 6. The first-order valence-corrected chi connectivity index (χ1v) is 9.59. The fourth-order valence-corrected chi connectivity index (χ4v) is 3.77. The normalized spacial score (nSPS) is 21.9. The van der Waals surface area contributed by atoms with Crippen LogP contribution in [0.4, 0.5) is 10.5 Å². The molecule has 2 aliphatic heterocycles. The van der Waals surface area contributed by atoms with E-state index in [0.717, 1.165) is 43.7 Å². The van der Waals surface area contributed by atoms with Crippen LogP contribution in [0.15, 0.2) is 24.3 Å². The molecule has 7 heteroatoms. The van der Waals surface area contributed by atoms with E-state index in [1.807, 2.05) is 29.2 Å². The van der Waals surface area contributed by atoms with Crippen LogP contribution in [-0.2, 0) is 14.2 Å². The monoisotopic (exact) mass is 378 g/mol. The summed E-state index contributed by atoms with van der Waals surface area (Å²) in [6.45, 7) is 3.33. The number of likely N-dealkylation sites (tertiary alicyclic amines) is 1. The summed E-state index contributed by atoms with van der Waals surface area (Å²) in [5, 5.41) is 2.95. The summed E-state index contributed by atoms with van der Waals surface area (Å²) >= 11 is 0. The second-order valence-corrected chi connectivity index (χ2v) is 7.16. The molecule has 1 aromatic rings. The number of hydrogen-bond acceptors (Lipinski definition) is 5. The molecule has 1 aromatic carbocycles. The maximum Gasteiger partial charge on any atom is 0.321 e. The van der Waals surface area contributed by atoms with Crippen molar-refractivity contribution >= 4 is 11.7 Å². The molecule has 0 bridgehead atoms. The Morgan fingerprint density at radius 3 is 2.63 bits per heavy atom. The zero-order valence-electron chi connectivity index (χ0n) is 16.2. The molecule has 1 N–H and O–H groups in total. The molecule has 2 heterocycles. The van der Waals surface area contributed by atoms with Crippen LogP contribution in [-0.4, -0.2) is 69.8 Å². The van der Waals surface area contributed by atoms with Crippen molar-refractivity contribution in [3.05, 3.63) is 24.3 Å². The zero-order valence-corrected chi connectivity index (χ0v) is 16.2. The minimum absolute atomic E-state index is 0.0706. The molecule has 0 aliphatic carbocycles. The van der Waals surface area contributed by atoms with Gasteiger partial charge in [-0.05, 0) is 43.5 Å². The molecule has 2 amide bonds. The molecule has 2 saturated heterocycles. The number of hydrogen-bond donors (Lipinski definition) is 1. The van der Waals surface area contributed by atoms with Crippen molar-refractivity contribution in [3.63, 3.8) is 0 Å². The molecule has 1 unspecified atom stereocenters. The molecule has 2 fully saturated rings. The lowest BCUT2D eigenvalue weighted by Crippen LogP contribution is -2.52. The lowest BCUT2D eigenvalue weighted by molar-refractivity contribution is -0.154. The number of urea groups is 1. The van der Waals surface area contributed by atoms with Gasteiger partial charge in [0.05, 0.1) is 32.0 Å². The van der Waals surface area contributed by atoms with Gasteiger partial charge >= 0.3 is 6.03 Å². The second kappa shape index (κ2) is 9.39. The van der Waals surface area contributed by atoms with Crippen LogP contribution in [0.3, 0.4) is 0 Å². The smallest absolute Gasteiger partial charge is 0.321 e. The van der Waals surface area contributed by atoms with E-state index in [1.54, 1.807) is 14.2 Å². The van der Waals surface area contributed by atoms with Gasteiger partial charge in [-0.3, -0.25) is 0 Å². The topological polar surface area (TPSA) is 69.3 Å². The molecule has 0 saturated carbocycles. The predicted octanol–water partition coefficient (Wildman–Crippen LogP) is 2.90. The molecule has 7 nitrogen and oxygen atoms in total. The number of nitrogens with zero attached hydrogens (tertiary/aromatic N) is 1. The first kappa shape index (κ1) is 19.9. The average Bonchev–Trinajstić information content (AvgIpc) is 2.69. The van der Waals surface area contributed by atoms with Crippen LogP contribution in [0.1, 0.15) is 25.7 Å². The van der Waals surface area contributed by atoms with Crippen LogP contribution >= 0.6 is 0 Å². The van der Waals surface area contributed by atoms with Crippen LogP contribution in [0.25, 0.3) is 0 Å². The Morgan fingerprint density at radius 2 is 1.96 bits per heavy atom. The number of anilines is 1. The number of ether oxygens (including phenoxy) is 4. The molecule has 3 rings (SSSR count). The lowest BCUT2D eigenvalue weighted by atomic mass is 9.83. The predicted molar refractivity (Wildman–Crippen MR) is 102 cm³/mol. The van der Waals surface area contributed by atoms with Gasteiger partial charge in [0, 0.05) is 38.9 Å². The molecule has 1 spiro atoms. The first-order valence-electron chi connectivity index (χ1n) is 9.59. The van der Waals surface area contributed by atoms with Crippen LogP contribution in [0.2, 0.25) is 0 Å². The Morgan fingerprint density at radius 1 is 1.22 bits per heavy atom. The quantitative estimate of drug-likeness (QED) is 0.771. The lowest BCUT2D eigenvalue weighted by Gasteiger charge is -2.46. The van der Waals surface area contributed by atoms with Crippen molar-refractivity contribution in [3.8, 4) is 5.75 Å². The number of carbonyl (C=O) groups excluding carboxylic acids is 1. The van der Waals surface area contributed by atoms with E-state index in [9.17, 15) is 4.79 Å². The van der Waals surface area contributed by atoms with E-state index in [1.165, 1.54) is 0 Å². The van der Waals surface area contributed by atoms with Gasteiger partial charge in [0.25, 0.3) is 0 Å². The Balaban J connectivity index is 1.47. The number of benzene rings is 1. The summed E-state index contributed by atoms with van der Waals surface area (Å²) in [7, 11) is 3.30. The standard InChI is InChI=1S/C20H30N2O5/c1-24-13-14-26-18-7-12-27-20(15-18)8-10-22(11-9-20)19(23)21-16-3-5-17(25-2)6-4-16/h3-6,18H,7-15H2,1-2H3,(H,21,23). The highest BCUT2D eigenvalue weighted by atomic mass is 16.5. The SMILES string of the molecule is COCCOC1CCOC2(CCN(C(=O)Nc3ccc(OC)cc3)CC2)C1. The Labute approximate surface area is 160 Å². The fraction of sp³-hybridized carbons (Fsp3) is 0.650. The van der Waals surface area contributed by atoms with E-state index in [2.05, 4.69) is 5.32 Å². The number of carbonyl (C=O) groups is 1. The van der Waals surface area contributed by atoms with Gasteiger partial charge in [0.2, 0.25) is 0 Å². The van der Waals surface area contributed by atoms with Crippen molar-refractivity contribution in [2.45, 2.75) is 37.4 Å². The number of nitrogens with one attached hydrogen (secondary N) is 1. The summed E-state index contributed by atoms with van der Waals surface area (Å²) in [5.74, 6) is 0.768. The molecule has 0 aromatic heterocycles. The van der Waals surface area contributed by atoms with Crippen molar-refractivity contribution in [1.82, 2.24) is 4.90 Å². The van der Waals surface area contributed by atoms with Crippen LogP contribution in [0, 0.1) is 0 Å². The second-order valence-electron chi connectivity index (χ2n) is 7.16. The van der Waals surface area contributed by atoms with Gasteiger partial charge < -0.3 is 29.2 Å². The maximum atomic E-state index is 12.5. The molecule has 27 heavy (non-hydrogen) atoms. The van der Waals surface area contributed by atoms with E-state index in [-0.39, 0.29) is 17.7 Å². The average molecular weight is 378 g/mol. The maximum absolute atomic E-state index is 12.5. The molecular formula is C20H30N2O5. The van der Waals surface area contributed by atoms with Gasteiger partial charge in [-0.15, -0.1) is 0 Å². The number of methoxy groups -OCH3 is 2. The molecule has 1 atom stereocenters. The summed E-state index contributed by atoms with van der Waals surface area (Å²) < 4.78 is 22.2. The summed E-state index contributed by atoms with van der Waals surface area (Å²) in [4.78, 5) is 14.4. The van der Waals surface area contributed by atoms with Crippen LogP contribution in [0.5, 0.6) is 5.75 Å². The van der Waals surface area contributed by atoms with E-state index < -0.39 is 0 Å². The molecular weight excluding hydrogens is 348 g/mol. The zero-order chi connectivity index (χ0) is 19.1. The summed E-state index contributed by atoms with van der Waals surface area (Å²) in [6, 6.07) is 7.28. The number of piperidine rings is 1. The molecule has 0 radical (unpaired) electrons.